The minimum atomic E-state index is -4.94. The van der Waals surface area contributed by atoms with E-state index in [1.54, 1.807) is 24.3 Å². The van der Waals surface area contributed by atoms with Gasteiger partial charge >= 0.3 is 18.4 Å². The molecule has 0 saturated heterocycles. The fourth-order valence-corrected chi connectivity index (χ4v) is 3.56. The Morgan fingerprint density at radius 1 is 1.06 bits per heavy atom. The molecule has 3 aromatic carbocycles. The van der Waals surface area contributed by atoms with Crippen molar-refractivity contribution in [3.8, 4) is 22.9 Å². The molecule has 2 amide bonds. The number of urea groups is 1. The zero-order valence-corrected chi connectivity index (χ0v) is 18.6. The van der Waals surface area contributed by atoms with E-state index in [1.807, 2.05) is 6.07 Å². The van der Waals surface area contributed by atoms with Crippen LogP contribution in [0.2, 0.25) is 5.02 Å². The maximum atomic E-state index is 12.8. The first-order valence-corrected chi connectivity index (χ1v) is 10.4. The zero-order chi connectivity index (χ0) is 25.6. The Balaban J connectivity index is 1.75. The van der Waals surface area contributed by atoms with Crippen molar-refractivity contribution in [2.45, 2.75) is 19.3 Å². The number of carbonyl (C=O) groups is 2. The van der Waals surface area contributed by atoms with E-state index in [0.717, 1.165) is 11.6 Å². The van der Waals surface area contributed by atoms with Crippen LogP contribution in [0, 0.1) is 11.3 Å². The molecular formula is C24H17ClF3N3O4. The number of nitrogens with zero attached hydrogens (tertiary/aromatic N) is 1. The van der Waals surface area contributed by atoms with E-state index in [2.05, 4.69) is 15.4 Å². The number of carboxylic acid groups (broad SMARTS) is 1. The number of benzene rings is 3. The molecule has 0 aliphatic heterocycles. The van der Waals surface area contributed by atoms with Gasteiger partial charge in [0.15, 0.2) is 0 Å². The normalized spacial score (nSPS) is 10.8. The van der Waals surface area contributed by atoms with E-state index in [4.69, 9.17) is 16.7 Å². The van der Waals surface area contributed by atoms with Gasteiger partial charge < -0.3 is 20.5 Å². The second-order valence-corrected chi connectivity index (χ2v) is 7.64. The minimum Gasteiger partial charge on any atom is -0.481 e. The number of halogens is 4. The molecule has 3 aromatic rings. The summed E-state index contributed by atoms with van der Waals surface area (Å²) in [5, 5.41) is 23.4. The number of para-hydroxylation sites is 1. The number of rotatable bonds is 7. The minimum absolute atomic E-state index is 0.0291. The molecule has 11 heteroatoms. The summed E-state index contributed by atoms with van der Waals surface area (Å²) >= 11 is 6.30. The quantitative estimate of drug-likeness (QED) is 0.381. The number of nitriles is 1. The highest BCUT2D eigenvalue weighted by Gasteiger charge is 2.32. The lowest BCUT2D eigenvalue weighted by Crippen LogP contribution is -2.28. The number of amides is 2. The van der Waals surface area contributed by atoms with Crippen LogP contribution >= 0.6 is 11.6 Å². The van der Waals surface area contributed by atoms with Gasteiger partial charge in [0, 0.05) is 23.4 Å². The van der Waals surface area contributed by atoms with Crippen molar-refractivity contribution in [1.82, 2.24) is 5.32 Å². The van der Waals surface area contributed by atoms with Gasteiger partial charge in [0.05, 0.1) is 23.1 Å². The van der Waals surface area contributed by atoms with Crippen molar-refractivity contribution < 1.29 is 32.6 Å². The van der Waals surface area contributed by atoms with Gasteiger partial charge in [-0.15, -0.1) is 13.2 Å². The fourth-order valence-electron chi connectivity index (χ4n) is 3.23. The van der Waals surface area contributed by atoms with Crippen LogP contribution in [0.25, 0.3) is 11.1 Å². The average molecular weight is 504 g/mol. The highest BCUT2D eigenvalue weighted by molar-refractivity contribution is 6.34. The third-order valence-corrected chi connectivity index (χ3v) is 4.98. The van der Waals surface area contributed by atoms with E-state index in [0.29, 0.717) is 5.56 Å². The lowest BCUT2D eigenvalue weighted by atomic mass is 9.98. The van der Waals surface area contributed by atoms with Gasteiger partial charge in [-0.25, -0.2) is 4.79 Å². The largest absolute Gasteiger partial charge is 0.573 e. The molecule has 35 heavy (non-hydrogen) atoms. The van der Waals surface area contributed by atoms with E-state index in [-0.39, 0.29) is 40.4 Å². The van der Waals surface area contributed by atoms with Gasteiger partial charge in [-0.05, 0) is 29.3 Å². The second-order valence-electron chi connectivity index (χ2n) is 7.23. The van der Waals surface area contributed by atoms with Crippen molar-refractivity contribution >= 4 is 29.3 Å². The number of ether oxygens (including phenoxy) is 1. The zero-order valence-electron chi connectivity index (χ0n) is 17.8. The van der Waals surface area contributed by atoms with Gasteiger partial charge in [-0.3, -0.25) is 4.79 Å². The Labute approximate surface area is 202 Å². The monoisotopic (exact) mass is 503 g/mol. The molecule has 0 unspecified atom stereocenters. The maximum absolute atomic E-state index is 12.8. The SMILES string of the molecule is N#Cc1cc(NC(=O)NCc2ccc(CC(=O)O)cc2)cc(Cl)c1-c1ccccc1OC(F)(F)F. The lowest BCUT2D eigenvalue weighted by molar-refractivity contribution is -0.274. The lowest BCUT2D eigenvalue weighted by Gasteiger charge is -2.16. The van der Waals surface area contributed by atoms with Crippen LogP contribution in [0.3, 0.4) is 0 Å². The number of hydrogen-bond acceptors (Lipinski definition) is 4. The Bertz CT molecular complexity index is 1290. The first kappa shape index (κ1) is 25.4. The van der Waals surface area contributed by atoms with Gasteiger partial charge in [0.2, 0.25) is 0 Å². The van der Waals surface area contributed by atoms with Crippen molar-refractivity contribution in [2.24, 2.45) is 0 Å². The molecule has 0 aromatic heterocycles. The van der Waals surface area contributed by atoms with Gasteiger partial charge in [-0.1, -0.05) is 54.1 Å². The van der Waals surface area contributed by atoms with Crippen LogP contribution in [0.4, 0.5) is 23.7 Å². The van der Waals surface area contributed by atoms with E-state index >= 15 is 0 Å². The molecule has 0 aliphatic carbocycles. The maximum Gasteiger partial charge on any atom is 0.573 e. The molecule has 0 saturated carbocycles. The van der Waals surface area contributed by atoms with Gasteiger partial charge in [0.1, 0.15) is 5.75 Å². The fraction of sp³-hybridized carbons (Fsp3) is 0.125. The van der Waals surface area contributed by atoms with Crippen LogP contribution in [0.15, 0.2) is 60.7 Å². The van der Waals surface area contributed by atoms with Crippen molar-refractivity contribution in [2.75, 3.05) is 5.32 Å². The number of carboxylic acids is 1. The Hall–Kier alpha value is -4.23. The first-order valence-electron chi connectivity index (χ1n) is 9.99. The van der Waals surface area contributed by atoms with Crippen molar-refractivity contribution in [3.05, 3.63) is 82.4 Å². The van der Waals surface area contributed by atoms with Crippen LogP contribution in [0.1, 0.15) is 16.7 Å². The topological polar surface area (TPSA) is 111 Å². The summed E-state index contributed by atoms with van der Waals surface area (Å²) in [5.41, 5.74) is 1.42. The molecule has 0 heterocycles. The molecule has 0 aliphatic rings. The summed E-state index contributed by atoms with van der Waals surface area (Å²) in [5.74, 6) is -1.47. The molecule has 0 radical (unpaired) electrons. The Kier molecular flexibility index (Phi) is 7.83. The van der Waals surface area contributed by atoms with Crippen LogP contribution in [-0.2, 0) is 17.8 Å². The summed E-state index contributed by atoms with van der Waals surface area (Å²) in [6.07, 6.45) is -5.05. The molecule has 180 valence electrons. The van der Waals surface area contributed by atoms with Crippen molar-refractivity contribution in [1.29, 1.82) is 5.26 Å². The first-order chi connectivity index (χ1) is 16.6. The van der Waals surface area contributed by atoms with Gasteiger partial charge in [0.25, 0.3) is 0 Å². The van der Waals surface area contributed by atoms with Gasteiger partial charge in [-0.2, -0.15) is 5.26 Å². The Morgan fingerprint density at radius 3 is 2.34 bits per heavy atom. The molecule has 0 fully saturated rings. The molecule has 3 N–H and O–H groups in total. The number of alkyl halides is 3. The molecule has 3 rings (SSSR count). The highest BCUT2D eigenvalue weighted by atomic mass is 35.5. The van der Waals surface area contributed by atoms with Crippen LogP contribution in [0.5, 0.6) is 5.75 Å². The highest BCUT2D eigenvalue weighted by Crippen LogP contribution is 2.40. The third kappa shape index (κ3) is 7.12. The van der Waals surface area contributed by atoms with E-state index in [1.165, 1.54) is 30.3 Å². The number of hydrogen-bond donors (Lipinski definition) is 3. The smallest absolute Gasteiger partial charge is 0.481 e. The summed E-state index contributed by atoms with van der Waals surface area (Å²) in [6.45, 7) is 0.137. The van der Waals surface area contributed by atoms with Crippen LogP contribution < -0.4 is 15.4 Å². The number of aliphatic carboxylic acids is 1. The Morgan fingerprint density at radius 2 is 1.71 bits per heavy atom. The second kappa shape index (κ2) is 10.8. The van der Waals surface area contributed by atoms with E-state index < -0.39 is 24.1 Å². The number of nitrogens with one attached hydrogen (secondary N) is 2. The summed E-state index contributed by atoms with van der Waals surface area (Å²) < 4.78 is 42.4. The summed E-state index contributed by atoms with van der Waals surface area (Å²) in [4.78, 5) is 23.0. The number of anilines is 1. The predicted molar refractivity (Wildman–Crippen MR) is 122 cm³/mol. The molecule has 0 bridgehead atoms. The van der Waals surface area contributed by atoms with Crippen LogP contribution in [-0.4, -0.2) is 23.5 Å². The van der Waals surface area contributed by atoms with E-state index in [9.17, 15) is 28.0 Å². The average Bonchev–Trinajstić information content (AvgIpc) is 2.77. The number of carbonyl (C=O) groups excluding carboxylic acids is 1. The third-order valence-electron chi connectivity index (χ3n) is 4.68. The molecule has 0 atom stereocenters. The standard InChI is InChI=1S/C24H17ClF3N3O4/c25-19-11-17(31-23(34)30-13-15-7-5-14(6-8-15)9-21(32)33)10-16(12-29)22(19)18-3-1-2-4-20(18)35-24(26,27)28/h1-8,10-11H,9,13H2,(H,32,33)(H2,30,31,34). The molecular weight excluding hydrogens is 487 g/mol. The molecule has 7 nitrogen and oxygen atoms in total. The molecule has 0 spiro atoms. The summed E-state index contributed by atoms with van der Waals surface area (Å²) in [7, 11) is 0. The summed E-state index contributed by atoms with van der Waals surface area (Å²) in [6, 6.07) is 15.8. The van der Waals surface area contributed by atoms with Crippen molar-refractivity contribution in [3.63, 3.8) is 0 Å². The predicted octanol–water partition coefficient (Wildman–Crippen LogP) is 5.73.